The van der Waals surface area contributed by atoms with Crippen molar-refractivity contribution in [3.8, 4) is 0 Å². The van der Waals surface area contributed by atoms with E-state index in [0.29, 0.717) is 5.92 Å². The monoisotopic (exact) mass is 207 g/mol. The average molecular weight is 207 g/mol. The van der Waals surface area contributed by atoms with Gasteiger partial charge in [-0.1, -0.05) is 6.07 Å². The van der Waals surface area contributed by atoms with Gasteiger partial charge in [-0.05, 0) is 25.0 Å². The molecule has 1 aromatic heterocycles. The fourth-order valence-electron chi connectivity index (χ4n) is 2.08. The Kier molecular flexibility index (Phi) is 3.30. The number of nitrogens with two attached hydrogens (primary N) is 1. The lowest BCUT2D eigenvalue weighted by atomic mass is 9.94. The molecule has 0 aromatic carbocycles. The van der Waals surface area contributed by atoms with Crippen LogP contribution >= 0.6 is 0 Å². The van der Waals surface area contributed by atoms with Crippen molar-refractivity contribution >= 4 is 0 Å². The predicted octanol–water partition coefficient (Wildman–Crippen LogP) is 0.931. The summed E-state index contributed by atoms with van der Waals surface area (Å²) in [6.07, 6.45) is 2.85. The van der Waals surface area contributed by atoms with Crippen molar-refractivity contribution in [1.82, 2.24) is 10.4 Å². The van der Waals surface area contributed by atoms with Crippen molar-refractivity contribution in [2.75, 3.05) is 13.2 Å². The summed E-state index contributed by atoms with van der Waals surface area (Å²) >= 11 is 0. The first kappa shape index (κ1) is 10.5. The first-order valence-electron chi connectivity index (χ1n) is 5.28. The molecule has 2 heterocycles. The van der Waals surface area contributed by atoms with E-state index in [2.05, 4.69) is 23.4 Å². The highest BCUT2D eigenvalue weighted by atomic mass is 16.5. The van der Waals surface area contributed by atoms with E-state index in [0.717, 1.165) is 25.3 Å². The molecule has 2 atom stereocenters. The minimum absolute atomic E-state index is 0.105. The van der Waals surface area contributed by atoms with Gasteiger partial charge < -0.3 is 4.74 Å². The molecule has 4 nitrogen and oxygen atoms in total. The Balaban J connectivity index is 2.22. The minimum Gasteiger partial charge on any atom is -0.381 e. The molecular formula is C11H17N3O. The van der Waals surface area contributed by atoms with Gasteiger partial charge in [0.2, 0.25) is 0 Å². The van der Waals surface area contributed by atoms with E-state index in [-0.39, 0.29) is 6.04 Å². The molecule has 1 fully saturated rings. The number of hydrazine groups is 1. The van der Waals surface area contributed by atoms with Crippen molar-refractivity contribution in [3.63, 3.8) is 0 Å². The molecule has 0 aliphatic carbocycles. The van der Waals surface area contributed by atoms with Crippen LogP contribution in [0.15, 0.2) is 18.3 Å². The van der Waals surface area contributed by atoms with Gasteiger partial charge in [-0.2, -0.15) is 0 Å². The molecule has 0 bridgehead atoms. The number of aromatic nitrogens is 1. The number of rotatable bonds is 3. The van der Waals surface area contributed by atoms with Crippen LogP contribution in [0.1, 0.15) is 23.7 Å². The van der Waals surface area contributed by atoms with Gasteiger partial charge in [-0.15, -0.1) is 0 Å². The number of pyridine rings is 1. The summed E-state index contributed by atoms with van der Waals surface area (Å²) in [5.74, 6) is 6.04. The Labute approximate surface area is 89.8 Å². The second kappa shape index (κ2) is 4.70. The van der Waals surface area contributed by atoms with E-state index in [1.165, 1.54) is 5.56 Å². The Morgan fingerprint density at radius 2 is 2.53 bits per heavy atom. The lowest BCUT2D eigenvalue weighted by Crippen LogP contribution is -2.35. The second-order valence-electron chi connectivity index (χ2n) is 3.97. The SMILES string of the molecule is Cc1cccnc1C(NN)C1CCOC1. The topological polar surface area (TPSA) is 60.2 Å². The molecule has 0 spiro atoms. The summed E-state index contributed by atoms with van der Waals surface area (Å²) in [5, 5.41) is 0. The molecule has 1 aliphatic rings. The summed E-state index contributed by atoms with van der Waals surface area (Å²) < 4.78 is 5.38. The number of nitrogens with one attached hydrogen (secondary N) is 1. The molecule has 1 aliphatic heterocycles. The minimum atomic E-state index is 0.105. The maximum absolute atomic E-state index is 5.61. The van der Waals surface area contributed by atoms with Crippen LogP contribution in [-0.2, 0) is 4.74 Å². The lowest BCUT2D eigenvalue weighted by Gasteiger charge is -2.22. The first-order chi connectivity index (χ1) is 7.33. The van der Waals surface area contributed by atoms with E-state index < -0.39 is 0 Å². The quantitative estimate of drug-likeness (QED) is 0.572. The summed E-state index contributed by atoms with van der Waals surface area (Å²) in [6, 6.07) is 4.11. The van der Waals surface area contributed by atoms with Crippen LogP contribution in [0.2, 0.25) is 0 Å². The van der Waals surface area contributed by atoms with Gasteiger partial charge >= 0.3 is 0 Å². The fraction of sp³-hybridized carbons (Fsp3) is 0.545. The highest BCUT2D eigenvalue weighted by molar-refractivity contribution is 5.21. The van der Waals surface area contributed by atoms with Crippen LogP contribution in [0.3, 0.4) is 0 Å². The van der Waals surface area contributed by atoms with Gasteiger partial charge in [-0.3, -0.25) is 16.3 Å². The normalized spacial score (nSPS) is 22.9. The van der Waals surface area contributed by atoms with Crippen molar-refractivity contribution in [2.45, 2.75) is 19.4 Å². The summed E-state index contributed by atoms with van der Waals surface area (Å²) in [4.78, 5) is 4.40. The molecule has 82 valence electrons. The molecule has 15 heavy (non-hydrogen) atoms. The highest BCUT2D eigenvalue weighted by Gasteiger charge is 2.27. The zero-order valence-electron chi connectivity index (χ0n) is 8.94. The molecule has 1 aromatic rings. The van der Waals surface area contributed by atoms with Crippen LogP contribution in [-0.4, -0.2) is 18.2 Å². The van der Waals surface area contributed by atoms with Crippen molar-refractivity contribution in [3.05, 3.63) is 29.6 Å². The molecule has 2 rings (SSSR count). The summed E-state index contributed by atoms with van der Waals surface area (Å²) in [7, 11) is 0. The van der Waals surface area contributed by atoms with Gasteiger partial charge in [0.25, 0.3) is 0 Å². The van der Waals surface area contributed by atoms with Crippen LogP contribution < -0.4 is 11.3 Å². The third-order valence-corrected chi connectivity index (χ3v) is 2.96. The van der Waals surface area contributed by atoms with Crippen molar-refractivity contribution in [2.24, 2.45) is 11.8 Å². The fourth-order valence-corrected chi connectivity index (χ4v) is 2.08. The standard InChI is InChI=1S/C11H17N3O/c1-8-3-2-5-13-10(8)11(14-12)9-4-6-15-7-9/h2-3,5,9,11,14H,4,6-7,12H2,1H3. The smallest absolute Gasteiger partial charge is 0.0685 e. The maximum atomic E-state index is 5.61. The Bertz CT molecular complexity index is 323. The predicted molar refractivity (Wildman–Crippen MR) is 58.0 cm³/mol. The third kappa shape index (κ3) is 2.17. The third-order valence-electron chi connectivity index (χ3n) is 2.96. The summed E-state index contributed by atoms with van der Waals surface area (Å²) in [6.45, 7) is 3.65. The summed E-state index contributed by atoms with van der Waals surface area (Å²) in [5.41, 5.74) is 5.07. The number of hydrogen-bond acceptors (Lipinski definition) is 4. The Morgan fingerprint density at radius 3 is 3.13 bits per heavy atom. The molecular weight excluding hydrogens is 190 g/mol. The van der Waals surface area contributed by atoms with Gasteiger partial charge in [0.05, 0.1) is 18.3 Å². The number of hydrogen-bond donors (Lipinski definition) is 2. The maximum Gasteiger partial charge on any atom is 0.0685 e. The molecule has 1 saturated heterocycles. The van der Waals surface area contributed by atoms with Crippen LogP contribution in [0.4, 0.5) is 0 Å². The van der Waals surface area contributed by atoms with Crippen molar-refractivity contribution < 1.29 is 4.74 Å². The average Bonchev–Trinajstić information content (AvgIpc) is 2.75. The molecule has 3 N–H and O–H groups in total. The van der Waals surface area contributed by atoms with Crippen LogP contribution in [0.5, 0.6) is 0 Å². The number of aryl methyl sites for hydroxylation is 1. The van der Waals surface area contributed by atoms with E-state index in [1.807, 2.05) is 12.3 Å². The molecule has 4 heteroatoms. The van der Waals surface area contributed by atoms with E-state index in [9.17, 15) is 0 Å². The Morgan fingerprint density at radius 1 is 1.67 bits per heavy atom. The number of ether oxygens (including phenoxy) is 1. The van der Waals surface area contributed by atoms with Gasteiger partial charge in [-0.25, -0.2) is 0 Å². The molecule has 0 saturated carbocycles. The van der Waals surface area contributed by atoms with E-state index in [1.54, 1.807) is 0 Å². The van der Waals surface area contributed by atoms with Crippen LogP contribution in [0, 0.1) is 12.8 Å². The molecule has 2 unspecified atom stereocenters. The lowest BCUT2D eigenvalue weighted by molar-refractivity contribution is 0.176. The molecule has 0 radical (unpaired) electrons. The van der Waals surface area contributed by atoms with Gasteiger partial charge in [0.15, 0.2) is 0 Å². The molecule has 0 amide bonds. The van der Waals surface area contributed by atoms with E-state index in [4.69, 9.17) is 10.6 Å². The van der Waals surface area contributed by atoms with Gasteiger partial charge in [0, 0.05) is 18.7 Å². The Hall–Kier alpha value is -0.970. The zero-order valence-corrected chi connectivity index (χ0v) is 8.94. The second-order valence-corrected chi connectivity index (χ2v) is 3.97. The number of nitrogens with zero attached hydrogens (tertiary/aromatic N) is 1. The van der Waals surface area contributed by atoms with Gasteiger partial charge in [0.1, 0.15) is 0 Å². The zero-order chi connectivity index (χ0) is 10.7. The largest absolute Gasteiger partial charge is 0.381 e. The highest BCUT2D eigenvalue weighted by Crippen LogP contribution is 2.28. The van der Waals surface area contributed by atoms with E-state index >= 15 is 0 Å². The van der Waals surface area contributed by atoms with Crippen LogP contribution in [0.25, 0.3) is 0 Å². The first-order valence-corrected chi connectivity index (χ1v) is 5.28. The van der Waals surface area contributed by atoms with Crippen molar-refractivity contribution in [1.29, 1.82) is 0 Å².